The maximum Gasteiger partial charge on any atom is 0.243 e. The van der Waals surface area contributed by atoms with Crippen molar-refractivity contribution in [3.8, 4) is 5.75 Å². The SMILES string of the molecule is CC(=O)N1CC[NH+](C[C@H](O)COc2ccc(S(=O)(=O)N3CCOCC3)cc2)CC1. The molecule has 1 amide bonds. The zero-order valence-corrected chi connectivity index (χ0v) is 17.6. The van der Waals surface area contributed by atoms with Crippen molar-refractivity contribution in [2.45, 2.75) is 17.9 Å². The van der Waals surface area contributed by atoms with E-state index < -0.39 is 16.1 Å². The van der Waals surface area contributed by atoms with Gasteiger partial charge in [-0.25, -0.2) is 8.42 Å². The molecule has 10 heteroatoms. The summed E-state index contributed by atoms with van der Waals surface area (Å²) in [5, 5.41) is 10.3. The van der Waals surface area contributed by atoms with Crippen LogP contribution in [0, 0.1) is 0 Å². The predicted octanol–water partition coefficient (Wildman–Crippen LogP) is -1.81. The minimum Gasteiger partial charge on any atom is -0.491 e. The van der Waals surface area contributed by atoms with E-state index in [0.717, 1.165) is 13.1 Å². The molecule has 0 bridgehead atoms. The van der Waals surface area contributed by atoms with E-state index in [9.17, 15) is 18.3 Å². The summed E-state index contributed by atoms with van der Waals surface area (Å²) in [6.45, 7) is 6.82. The van der Waals surface area contributed by atoms with Crippen LogP contribution in [0.3, 0.4) is 0 Å². The number of carbonyl (C=O) groups is 1. The van der Waals surface area contributed by atoms with Crippen LogP contribution in [-0.4, -0.2) is 100 Å². The molecular weight excluding hydrogens is 398 g/mol. The van der Waals surface area contributed by atoms with Crippen molar-refractivity contribution in [3.63, 3.8) is 0 Å². The Bertz CT molecular complexity index is 772. The Kier molecular flexibility index (Phi) is 7.47. The highest BCUT2D eigenvalue weighted by atomic mass is 32.2. The molecule has 1 atom stereocenters. The van der Waals surface area contributed by atoms with E-state index in [1.54, 1.807) is 19.1 Å². The average Bonchev–Trinajstić information content (AvgIpc) is 2.73. The van der Waals surface area contributed by atoms with Gasteiger partial charge in [0.1, 0.15) is 25.0 Å². The first-order chi connectivity index (χ1) is 13.9. The molecule has 162 valence electrons. The van der Waals surface area contributed by atoms with Crippen LogP contribution >= 0.6 is 0 Å². The number of quaternary nitrogens is 1. The number of ether oxygens (including phenoxy) is 2. The smallest absolute Gasteiger partial charge is 0.243 e. The molecule has 2 saturated heterocycles. The summed E-state index contributed by atoms with van der Waals surface area (Å²) in [7, 11) is -3.52. The van der Waals surface area contributed by atoms with Gasteiger partial charge in [-0.2, -0.15) is 4.31 Å². The Morgan fingerprint density at radius 3 is 2.38 bits per heavy atom. The minimum atomic E-state index is -3.52. The number of carbonyl (C=O) groups excluding carboxylic acids is 1. The molecule has 3 rings (SSSR count). The van der Waals surface area contributed by atoms with Gasteiger partial charge in [-0.15, -0.1) is 0 Å². The molecule has 0 aromatic heterocycles. The zero-order valence-electron chi connectivity index (χ0n) is 16.7. The zero-order chi connectivity index (χ0) is 20.9. The van der Waals surface area contributed by atoms with E-state index in [-0.39, 0.29) is 17.4 Å². The number of hydrogen-bond donors (Lipinski definition) is 2. The predicted molar refractivity (Wildman–Crippen MR) is 105 cm³/mol. The van der Waals surface area contributed by atoms with Crippen molar-refractivity contribution in [2.75, 3.05) is 65.6 Å². The number of sulfonamides is 1. The van der Waals surface area contributed by atoms with Crippen LogP contribution in [0.25, 0.3) is 0 Å². The molecule has 0 aliphatic carbocycles. The highest BCUT2D eigenvalue weighted by Crippen LogP contribution is 2.20. The van der Waals surface area contributed by atoms with Crippen LogP contribution in [0.5, 0.6) is 5.75 Å². The lowest BCUT2D eigenvalue weighted by molar-refractivity contribution is -0.907. The molecule has 2 N–H and O–H groups in total. The highest BCUT2D eigenvalue weighted by molar-refractivity contribution is 7.89. The number of morpholine rings is 1. The summed E-state index contributed by atoms with van der Waals surface area (Å²) in [6, 6.07) is 6.27. The minimum absolute atomic E-state index is 0.0898. The van der Waals surface area contributed by atoms with Gasteiger partial charge >= 0.3 is 0 Å². The first kappa shape index (κ1) is 22.0. The molecule has 9 nitrogen and oxygen atoms in total. The number of nitrogens with zero attached hydrogens (tertiary/aromatic N) is 2. The maximum absolute atomic E-state index is 12.6. The van der Waals surface area contributed by atoms with E-state index in [1.165, 1.54) is 21.3 Å². The standard InChI is InChI=1S/C19H29N3O6S/c1-16(23)21-8-6-20(7-9-21)14-17(24)15-28-18-2-4-19(5-3-18)29(25,26)22-10-12-27-13-11-22/h2-5,17,24H,6-15H2,1H3/p+1/t17-/m0/s1. The summed E-state index contributed by atoms with van der Waals surface area (Å²) < 4.78 is 37.5. The van der Waals surface area contributed by atoms with Crippen molar-refractivity contribution in [1.82, 2.24) is 9.21 Å². The monoisotopic (exact) mass is 428 g/mol. The summed E-state index contributed by atoms with van der Waals surface area (Å²) in [5.41, 5.74) is 0. The van der Waals surface area contributed by atoms with Crippen molar-refractivity contribution in [3.05, 3.63) is 24.3 Å². The molecule has 1 aromatic carbocycles. The number of aliphatic hydroxyl groups is 1. The number of nitrogens with one attached hydrogen (secondary N) is 1. The molecule has 2 aliphatic rings. The fourth-order valence-corrected chi connectivity index (χ4v) is 4.98. The molecule has 2 heterocycles. The third-order valence-corrected chi connectivity index (χ3v) is 7.23. The summed E-state index contributed by atoms with van der Waals surface area (Å²) in [5.74, 6) is 0.605. The van der Waals surface area contributed by atoms with E-state index >= 15 is 0 Å². The number of rotatable bonds is 7. The maximum atomic E-state index is 12.6. The fraction of sp³-hybridized carbons (Fsp3) is 0.632. The van der Waals surface area contributed by atoms with Crippen LogP contribution in [0.4, 0.5) is 0 Å². The van der Waals surface area contributed by atoms with E-state index in [2.05, 4.69) is 0 Å². The normalized spacial score (nSPS) is 20.4. The first-order valence-electron chi connectivity index (χ1n) is 9.94. The van der Waals surface area contributed by atoms with Crippen molar-refractivity contribution < 1.29 is 32.7 Å². The topological polar surface area (TPSA) is 101 Å². The van der Waals surface area contributed by atoms with Crippen LogP contribution < -0.4 is 9.64 Å². The lowest BCUT2D eigenvalue weighted by Crippen LogP contribution is -3.15. The summed E-state index contributed by atoms with van der Waals surface area (Å²) in [4.78, 5) is 14.6. The molecule has 2 fully saturated rings. The Hall–Kier alpha value is -1.72. The molecule has 0 saturated carbocycles. The Labute approximate surface area is 171 Å². The largest absolute Gasteiger partial charge is 0.491 e. The Morgan fingerprint density at radius 2 is 1.79 bits per heavy atom. The Balaban J connectivity index is 1.46. The summed E-state index contributed by atoms with van der Waals surface area (Å²) >= 11 is 0. The Morgan fingerprint density at radius 1 is 1.17 bits per heavy atom. The van der Waals surface area contributed by atoms with Gasteiger partial charge in [0, 0.05) is 20.0 Å². The third kappa shape index (κ3) is 5.89. The van der Waals surface area contributed by atoms with Crippen molar-refractivity contribution in [2.24, 2.45) is 0 Å². The number of hydrogen-bond acceptors (Lipinski definition) is 6. The van der Waals surface area contributed by atoms with E-state index in [0.29, 0.717) is 51.7 Å². The van der Waals surface area contributed by atoms with Crippen LogP contribution in [0.2, 0.25) is 0 Å². The van der Waals surface area contributed by atoms with Gasteiger partial charge in [0.15, 0.2) is 0 Å². The lowest BCUT2D eigenvalue weighted by atomic mass is 10.2. The van der Waals surface area contributed by atoms with Gasteiger partial charge in [0.2, 0.25) is 15.9 Å². The van der Waals surface area contributed by atoms with Gasteiger partial charge in [-0.3, -0.25) is 4.79 Å². The van der Waals surface area contributed by atoms with E-state index in [4.69, 9.17) is 9.47 Å². The molecule has 0 unspecified atom stereocenters. The van der Waals surface area contributed by atoms with Gasteiger partial charge in [0.05, 0.1) is 44.3 Å². The second kappa shape index (κ2) is 9.86. The second-order valence-electron chi connectivity index (χ2n) is 7.41. The van der Waals surface area contributed by atoms with Crippen molar-refractivity contribution in [1.29, 1.82) is 0 Å². The highest BCUT2D eigenvalue weighted by Gasteiger charge is 2.26. The third-order valence-electron chi connectivity index (χ3n) is 5.31. The van der Waals surface area contributed by atoms with Gasteiger partial charge in [-0.05, 0) is 24.3 Å². The van der Waals surface area contributed by atoms with Crippen LogP contribution in [0.1, 0.15) is 6.92 Å². The van der Waals surface area contributed by atoms with Crippen molar-refractivity contribution >= 4 is 15.9 Å². The number of benzene rings is 1. The molecular formula is C19H30N3O6S+. The number of amides is 1. The van der Waals surface area contributed by atoms with Crippen LogP contribution in [0.15, 0.2) is 29.2 Å². The lowest BCUT2D eigenvalue weighted by Gasteiger charge is -2.32. The number of piperazine rings is 1. The fourth-order valence-electron chi connectivity index (χ4n) is 3.57. The second-order valence-corrected chi connectivity index (χ2v) is 9.35. The molecule has 0 spiro atoms. The molecule has 0 radical (unpaired) electrons. The quantitative estimate of drug-likeness (QED) is 0.531. The molecule has 1 aromatic rings. The molecule has 2 aliphatic heterocycles. The van der Waals surface area contributed by atoms with Crippen LogP contribution in [-0.2, 0) is 19.6 Å². The summed E-state index contributed by atoms with van der Waals surface area (Å²) in [6.07, 6.45) is -0.634. The number of aliphatic hydroxyl groups excluding tert-OH is 1. The first-order valence-corrected chi connectivity index (χ1v) is 11.4. The van der Waals surface area contributed by atoms with Gasteiger partial charge in [0.25, 0.3) is 0 Å². The van der Waals surface area contributed by atoms with Gasteiger partial charge in [-0.1, -0.05) is 0 Å². The van der Waals surface area contributed by atoms with Gasteiger partial charge < -0.3 is 24.4 Å². The average molecular weight is 429 g/mol. The molecule has 29 heavy (non-hydrogen) atoms. The van der Waals surface area contributed by atoms with E-state index in [1.807, 2.05) is 4.90 Å².